The van der Waals surface area contributed by atoms with Crippen molar-refractivity contribution in [1.82, 2.24) is 9.61 Å². The van der Waals surface area contributed by atoms with E-state index in [9.17, 15) is 4.79 Å². The molecular weight excluding hydrogens is 176 g/mol. The largest absolute Gasteiger partial charge is 0.294 e. The van der Waals surface area contributed by atoms with E-state index in [0.29, 0.717) is 6.42 Å². The lowest BCUT2D eigenvalue weighted by Crippen LogP contribution is -1.97. The average molecular weight is 188 g/mol. The molecule has 0 amide bonds. The zero-order chi connectivity index (χ0) is 10.1. The SMILES string of the molecule is CCC(=O)c1c(C)nn2ccccc12. The number of carbonyl (C=O) groups excluding carboxylic acids is 1. The van der Waals surface area contributed by atoms with Crippen LogP contribution in [0, 0.1) is 6.92 Å². The molecule has 0 aliphatic rings. The quantitative estimate of drug-likeness (QED) is 0.677. The molecular formula is C11H12N2O. The Balaban J connectivity index is 2.74. The number of Topliss-reactive ketones (excluding diaryl/α,β-unsaturated/α-hetero) is 1. The van der Waals surface area contributed by atoms with Gasteiger partial charge in [0, 0.05) is 12.6 Å². The van der Waals surface area contributed by atoms with Gasteiger partial charge in [0.1, 0.15) is 0 Å². The molecule has 3 heteroatoms. The Kier molecular flexibility index (Phi) is 2.08. The number of carbonyl (C=O) groups is 1. The van der Waals surface area contributed by atoms with E-state index in [4.69, 9.17) is 0 Å². The molecule has 0 bridgehead atoms. The molecule has 72 valence electrons. The standard InChI is InChI=1S/C11H12N2O/c1-3-10(14)11-8(2)12-13-7-5-4-6-9(11)13/h4-7H,3H2,1-2H3. The van der Waals surface area contributed by atoms with Crippen LogP contribution < -0.4 is 0 Å². The minimum atomic E-state index is 0.156. The molecule has 14 heavy (non-hydrogen) atoms. The highest BCUT2D eigenvalue weighted by Gasteiger charge is 2.14. The summed E-state index contributed by atoms with van der Waals surface area (Å²) >= 11 is 0. The normalized spacial score (nSPS) is 10.7. The van der Waals surface area contributed by atoms with Gasteiger partial charge in [-0.2, -0.15) is 5.10 Å². The first kappa shape index (κ1) is 8.94. The molecule has 0 radical (unpaired) electrons. The summed E-state index contributed by atoms with van der Waals surface area (Å²) in [5.41, 5.74) is 2.47. The van der Waals surface area contributed by atoms with Gasteiger partial charge in [-0.25, -0.2) is 4.52 Å². The number of rotatable bonds is 2. The maximum absolute atomic E-state index is 11.7. The van der Waals surface area contributed by atoms with Gasteiger partial charge in [-0.3, -0.25) is 4.79 Å². The third kappa shape index (κ3) is 1.21. The van der Waals surface area contributed by atoms with Crippen molar-refractivity contribution in [2.75, 3.05) is 0 Å². The zero-order valence-electron chi connectivity index (χ0n) is 8.32. The van der Waals surface area contributed by atoms with Crippen LogP contribution in [0.1, 0.15) is 29.4 Å². The Bertz CT molecular complexity index is 485. The fraction of sp³-hybridized carbons (Fsp3) is 0.273. The molecule has 0 saturated carbocycles. The second-order valence-corrected chi connectivity index (χ2v) is 3.27. The van der Waals surface area contributed by atoms with Crippen LogP contribution in [0.25, 0.3) is 5.52 Å². The molecule has 0 aliphatic heterocycles. The number of hydrogen-bond donors (Lipinski definition) is 0. The summed E-state index contributed by atoms with van der Waals surface area (Å²) in [7, 11) is 0. The van der Waals surface area contributed by atoms with Crippen molar-refractivity contribution in [1.29, 1.82) is 0 Å². The fourth-order valence-corrected chi connectivity index (χ4v) is 1.64. The lowest BCUT2D eigenvalue weighted by atomic mass is 10.1. The van der Waals surface area contributed by atoms with Gasteiger partial charge >= 0.3 is 0 Å². The van der Waals surface area contributed by atoms with Gasteiger partial charge in [-0.15, -0.1) is 0 Å². The van der Waals surface area contributed by atoms with E-state index in [0.717, 1.165) is 16.8 Å². The predicted octanol–water partition coefficient (Wildman–Crippen LogP) is 2.24. The minimum Gasteiger partial charge on any atom is -0.294 e. The molecule has 0 atom stereocenters. The van der Waals surface area contributed by atoms with Gasteiger partial charge in [0.25, 0.3) is 0 Å². The van der Waals surface area contributed by atoms with Crippen molar-refractivity contribution >= 4 is 11.3 Å². The molecule has 2 heterocycles. The molecule has 0 aliphatic carbocycles. The number of aromatic nitrogens is 2. The van der Waals surface area contributed by atoms with Crippen molar-refractivity contribution in [2.45, 2.75) is 20.3 Å². The monoisotopic (exact) mass is 188 g/mol. The molecule has 0 spiro atoms. The number of ketones is 1. The van der Waals surface area contributed by atoms with Crippen molar-refractivity contribution in [3.05, 3.63) is 35.7 Å². The molecule has 3 nitrogen and oxygen atoms in total. The highest BCUT2D eigenvalue weighted by atomic mass is 16.1. The van der Waals surface area contributed by atoms with Crippen LogP contribution in [0.15, 0.2) is 24.4 Å². The van der Waals surface area contributed by atoms with E-state index in [1.807, 2.05) is 38.2 Å². The van der Waals surface area contributed by atoms with E-state index < -0.39 is 0 Å². The maximum atomic E-state index is 11.7. The van der Waals surface area contributed by atoms with E-state index in [-0.39, 0.29) is 5.78 Å². The number of pyridine rings is 1. The van der Waals surface area contributed by atoms with Crippen molar-refractivity contribution in [2.24, 2.45) is 0 Å². The van der Waals surface area contributed by atoms with Crippen LogP contribution >= 0.6 is 0 Å². The van der Waals surface area contributed by atoms with E-state index in [1.54, 1.807) is 4.52 Å². The first-order chi connectivity index (χ1) is 6.74. The van der Waals surface area contributed by atoms with E-state index >= 15 is 0 Å². The highest BCUT2D eigenvalue weighted by molar-refractivity contribution is 6.03. The molecule has 0 aromatic carbocycles. The lowest BCUT2D eigenvalue weighted by Gasteiger charge is -1.95. The van der Waals surface area contributed by atoms with Crippen LogP contribution in [-0.2, 0) is 0 Å². The summed E-state index contributed by atoms with van der Waals surface area (Å²) in [6.45, 7) is 3.74. The zero-order valence-corrected chi connectivity index (χ0v) is 8.32. The predicted molar refractivity (Wildman–Crippen MR) is 54.6 cm³/mol. The fourth-order valence-electron chi connectivity index (χ4n) is 1.64. The van der Waals surface area contributed by atoms with Crippen LogP contribution in [0.5, 0.6) is 0 Å². The summed E-state index contributed by atoms with van der Waals surface area (Å²) in [4.78, 5) is 11.7. The minimum absolute atomic E-state index is 0.156. The number of hydrogen-bond acceptors (Lipinski definition) is 2. The van der Waals surface area contributed by atoms with Gasteiger partial charge in [0.05, 0.1) is 16.8 Å². The highest BCUT2D eigenvalue weighted by Crippen LogP contribution is 2.16. The average Bonchev–Trinajstić information content (AvgIpc) is 2.53. The van der Waals surface area contributed by atoms with Crippen molar-refractivity contribution in [3.8, 4) is 0 Å². The Morgan fingerprint density at radius 3 is 3.00 bits per heavy atom. The lowest BCUT2D eigenvalue weighted by molar-refractivity contribution is 0.0989. The Morgan fingerprint density at radius 2 is 2.29 bits per heavy atom. The van der Waals surface area contributed by atoms with Gasteiger partial charge in [-0.05, 0) is 19.1 Å². The molecule has 0 unspecified atom stereocenters. The number of nitrogens with zero attached hydrogens (tertiary/aromatic N) is 2. The van der Waals surface area contributed by atoms with Crippen molar-refractivity contribution in [3.63, 3.8) is 0 Å². The summed E-state index contributed by atoms with van der Waals surface area (Å²) in [5.74, 6) is 0.156. The molecule has 2 aromatic rings. The van der Waals surface area contributed by atoms with Crippen molar-refractivity contribution < 1.29 is 4.79 Å². The van der Waals surface area contributed by atoms with Crippen LogP contribution in [0.4, 0.5) is 0 Å². The second-order valence-electron chi connectivity index (χ2n) is 3.27. The Hall–Kier alpha value is -1.64. The third-order valence-electron chi connectivity index (χ3n) is 2.31. The van der Waals surface area contributed by atoms with Crippen LogP contribution in [0.2, 0.25) is 0 Å². The maximum Gasteiger partial charge on any atom is 0.166 e. The second kappa shape index (κ2) is 3.25. The summed E-state index contributed by atoms with van der Waals surface area (Å²) in [5, 5.41) is 4.28. The molecule has 2 aromatic heterocycles. The molecule has 2 rings (SSSR count). The molecule has 0 saturated heterocycles. The third-order valence-corrected chi connectivity index (χ3v) is 2.31. The topological polar surface area (TPSA) is 34.4 Å². The number of aryl methyl sites for hydroxylation is 1. The summed E-state index contributed by atoms with van der Waals surface area (Å²) in [6, 6.07) is 5.74. The van der Waals surface area contributed by atoms with E-state index in [1.165, 1.54) is 0 Å². The first-order valence-electron chi connectivity index (χ1n) is 4.71. The van der Waals surface area contributed by atoms with Crippen LogP contribution in [0.3, 0.4) is 0 Å². The Morgan fingerprint density at radius 1 is 1.50 bits per heavy atom. The summed E-state index contributed by atoms with van der Waals surface area (Å²) in [6.07, 6.45) is 2.38. The first-order valence-corrected chi connectivity index (χ1v) is 4.71. The molecule has 0 N–H and O–H groups in total. The van der Waals surface area contributed by atoms with E-state index in [2.05, 4.69) is 5.10 Å². The number of fused-ring (bicyclic) bond motifs is 1. The van der Waals surface area contributed by atoms with Gasteiger partial charge in [0.2, 0.25) is 0 Å². The smallest absolute Gasteiger partial charge is 0.166 e. The van der Waals surface area contributed by atoms with Crippen LogP contribution in [-0.4, -0.2) is 15.4 Å². The molecule has 0 fully saturated rings. The van der Waals surface area contributed by atoms with Gasteiger partial charge in [-0.1, -0.05) is 13.0 Å². The summed E-state index contributed by atoms with van der Waals surface area (Å²) < 4.78 is 1.75. The Labute approximate surface area is 82.4 Å². The van der Waals surface area contributed by atoms with Gasteiger partial charge < -0.3 is 0 Å². The van der Waals surface area contributed by atoms with Gasteiger partial charge in [0.15, 0.2) is 5.78 Å².